The van der Waals surface area contributed by atoms with Crippen molar-refractivity contribution in [2.24, 2.45) is 5.92 Å². The average Bonchev–Trinajstić information content (AvgIpc) is 3.22. The topological polar surface area (TPSA) is 83.5 Å². The van der Waals surface area contributed by atoms with Crippen LogP contribution in [-0.4, -0.2) is 31.3 Å². The van der Waals surface area contributed by atoms with Crippen LogP contribution in [0.2, 0.25) is 0 Å². The number of nitrogens with one attached hydrogen (secondary N) is 1. The summed E-state index contributed by atoms with van der Waals surface area (Å²) in [7, 11) is -3.19. The van der Waals surface area contributed by atoms with Crippen LogP contribution in [0.4, 0.5) is 5.69 Å². The van der Waals surface area contributed by atoms with E-state index in [0.29, 0.717) is 10.8 Å². The van der Waals surface area contributed by atoms with Crippen LogP contribution in [0.3, 0.4) is 0 Å². The van der Waals surface area contributed by atoms with Crippen molar-refractivity contribution in [2.75, 3.05) is 11.1 Å². The Labute approximate surface area is 118 Å². The van der Waals surface area contributed by atoms with Gasteiger partial charge >= 0.3 is 5.97 Å². The smallest absolute Gasteiger partial charge is 0.305 e. The highest BCUT2D eigenvalue weighted by Gasteiger charge is 2.32. The van der Waals surface area contributed by atoms with Crippen molar-refractivity contribution in [1.82, 2.24) is 0 Å². The largest absolute Gasteiger partial charge is 0.481 e. The van der Waals surface area contributed by atoms with Crippen molar-refractivity contribution < 1.29 is 18.3 Å². The van der Waals surface area contributed by atoms with Gasteiger partial charge in [0.25, 0.3) is 0 Å². The monoisotopic (exact) mass is 297 g/mol. The molecule has 2 N–H and O–H groups in total. The van der Waals surface area contributed by atoms with E-state index in [1.165, 1.54) is 0 Å². The highest BCUT2D eigenvalue weighted by molar-refractivity contribution is 7.91. The highest BCUT2D eigenvalue weighted by atomic mass is 32.2. The molecule has 0 aliphatic heterocycles. The minimum absolute atomic E-state index is 0.0729. The predicted octanol–water partition coefficient (Wildman–Crippen LogP) is 2.15. The number of carboxylic acid groups (broad SMARTS) is 1. The summed E-state index contributed by atoms with van der Waals surface area (Å²) < 4.78 is 23.4. The quantitative estimate of drug-likeness (QED) is 0.805. The minimum atomic E-state index is -3.19. The van der Waals surface area contributed by atoms with Crippen molar-refractivity contribution in [3.05, 3.63) is 24.3 Å². The summed E-state index contributed by atoms with van der Waals surface area (Å²) in [6.07, 6.45) is 2.18. The SMILES string of the molecule is CCS(=O)(=O)c1ccc(NC(CC(=O)O)C2CC2)cc1. The zero-order chi connectivity index (χ0) is 14.8. The summed E-state index contributed by atoms with van der Waals surface area (Å²) in [6, 6.07) is 6.43. The average molecular weight is 297 g/mol. The Hall–Kier alpha value is -1.56. The third-order valence-corrected chi connectivity index (χ3v) is 5.28. The Kier molecular flexibility index (Phi) is 4.32. The number of anilines is 1. The third kappa shape index (κ3) is 3.72. The molecule has 0 radical (unpaired) electrons. The maximum Gasteiger partial charge on any atom is 0.305 e. The van der Waals surface area contributed by atoms with Gasteiger partial charge in [0, 0.05) is 11.7 Å². The van der Waals surface area contributed by atoms with Gasteiger partial charge in [-0.2, -0.15) is 0 Å². The molecule has 20 heavy (non-hydrogen) atoms. The molecule has 0 heterocycles. The van der Waals surface area contributed by atoms with Gasteiger partial charge in [-0.3, -0.25) is 4.79 Å². The number of carboxylic acids is 1. The van der Waals surface area contributed by atoms with Gasteiger partial charge in [-0.15, -0.1) is 0 Å². The molecule has 0 bridgehead atoms. The van der Waals surface area contributed by atoms with Crippen LogP contribution < -0.4 is 5.32 Å². The van der Waals surface area contributed by atoms with E-state index in [9.17, 15) is 13.2 Å². The van der Waals surface area contributed by atoms with E-state index in [1.54, 1.807) is 31.2 Å². The molecule has 0 amide bonds. The van der Waals surface area contributed by atoms with Crippen molar-refractivity contribution in [2.45, 2.75) is 37.1 Å². The molecule has 110 valence electrons. The molecule has 1 aliphatic carbocycles. The van der Waals surface area contributed by atoms with E-state index >= 15 is 0 Å². The molecule has 0 aromatic heterocycles. The van der Waals surface area contributed by atoms with Gasteiger partial charge in [0.05, 0.1) is 17.1 Å². The first-order chi connectivity index (χ1) is 9.42. The molecule has 0 spiro atoms. The molecule has 1 aromatic rings. The lowest BCUT2D eigenvalue weighted by molar-refractivity contribution is -0.137. The van der Waals surface area contributed by atoms with Crippen molar-refractivity contribution in [3.63, 3.8) is 0 Å². The van der Waals surface area contributed by atoms with Gasteiger partial charge in [-0.1, -0.05) is 6.92 Å². The van der Waals surface area contributed by atoms with E-state index in [2.05, 4.69) is 5.32 Å². The van der Waals surface area contributed by atoms with E-state index in [0.717, 1.165) is 18.5 Å². The maximum atomic E-state index is 11.7. The van der Waals surface area contributed by atoms with Gasteiger partial charge in [-0.05, 0) is 43.0 Å². The minimum Gasteiger partial charge on any atom is -0.481 e. The molecule has 1 aromatic carbocycles. The van der Waals surface area contributed by atoms with Crippen molar-refractivity contribution >= 4 is 21.5 Å². The fourth-order valence-electron chi connectivity index (χ4n) is 2.16. The first-order valence-corrected chi connectivity index (χ1v) is 8.38. The Morgan fingerprint density at radius 3 is 2.40 bits per heavy atom. The zero-order valence-electron chi connectivity index (χ0n) is 11.4. The summed E-state index contributed by atoms with van der Waals surface area (Å²) in [5.74, 6) is -0.339. The number of aliphatic carboxylic acids is 1. The van der Waals surface area contributed by atoms with Gasteiger partial charge in [0.1, 0.15) is 0 Å². The first kappa shape index (κ1) is 14.8. The second kappa shape index (κ2) is 5.83. The number of sulfone groups is 1. The Morgan fingerprint density at radius 2 is 1.95 bits per heavy atom. The van der Waals surface area contributed by atoms with E-state index in [4.69, 9.17) is 5.11 Å². The van der Waals surface area contributed by atoms with Gasteiger partial charge in [0.2, 0.25) is 0 Å². The molecular weight excluding hydrogens is 278 g/mol. The van der Waals surface area contributed by atoms with Crippen LogP contribution in [0.5, 0.6) is 0 Å². The highest BCUT2D eigenvalue weighted by Crippen LogP contribution is 2.35. The molecule has 1 fully saturated rings. The Morgan fingerprint density at radius 1 is 1.35 bits per heavy atom. The standard InChI is InChI=1S/C14H19NO4S/c1-2-20(18,19)12-7-5-11(6-8-12)15-13(9-14(16)17)10-3-4-10/h5-8,10,13,15H,2-4,9H2,1H3,(H,16,17). The van der Waals surface area contributed by atoms with Crippen LogP contribution in [0.1, 0.15) is 26.2 Å². The second-order valence-electron chi connectivity index (χ2n) is 5.11. The van der Waals surface area contributed by atoms with E-state index in [1.807, 2.05) is 0 Å². The number of hydrogen-bond acceptors (Lipinski definition) is 4. The molecule has 1 saturated carbocycles. The fourth-order valence-corrected chi connectivity index (χ4v) is 3.05. The predicted molar refractivity (Wildman–Crippen MR) is 76.6 cm³/mol. The van der Waals surface area contributed by atoms with Gasteiger partial charge < -0.3 is 10.4 Å². The van der Waals surface area contributed by atoms with Crippen LogP contribution in [0, 0.1) is 5.92 Å². The van der Waals surface area contributed by atoms with Crippen molar-refractivity contribution in [1.29, 1.82) is 0 Å². The molecule has 6 heteroatoms. The molecule has 1 aliphatic rings. The van der Waals surface area contributed by atoms with E-state index in [-0.39, 0.29) is 18.2 Å². The number of benzene rings is 1. The maximum absolute atomic E-state index is 11.7. The summed E-state index contributed by atoms with van der Waals surface area (Å²) in [5.41, 5.74) is 0.762. The Bertz CT molecular complexity index is 576. The molecule has 2 rings (SSSR count). The fraction of sp³-hybridized carbons (Fsp3) is 0.500. The van der Waals surface area contributed by atoms with Crippen LogP contribution >= 0.6 is 0 Å². The second-order valence-corrected chi connectivity index (χ2v) is 7.39. The lowest BCUT2D eigenvalue weighted by Crippen LogP contribution is -2.25. The lowest BCUT2D eigenvalue weighted by Gasteiger charge is -2.17. The number of hydrogen-bond donors (Lipinski definition) is 2. The van der Waals surface area contributed by atoms with Crippen molar-refractivity contribution in [3.8, 4) is 0 Å². The lowest BCUT2D eigenvalue weighted by atomic mass is 10.1. The summed E-state index contributed by atoms with van der Waals surface area (Å²) in [6.45, 7) is 1.61. The van der Waals surface area contributed by atoms with Gasteiger partial charge in [0.15, 0.2) is 9.84 Å². The normalized spacial score (nSPS) is 16.6. The van der Waals surface area contributed by atoms with Crippen LogP contribution in [-0.2, 0) is 14.6 Å². The molecule has 1 atom stereocenters. The summed E-state index contributed by atoms with van der Waals surface area (Å²) in [4.78, 5) is 11.1. The first-order valence-electron chi connectivity index (χ1n) is 6.73. The summed E-state index contributed by atoms with van der Waals surface area (Å²) >= 11 is 0. The van der Waals surface area contributed by atoms with Crippen LogP contribution in [0.15, 0.2) is 29.2 Å². The Balaban J connectivity index is 2.07. The third-order valence-electron chi connectivity index (χ3n) is 3.53. The molecule has 0 saturated heterocycles. The summed E-state index contributed by atoms with van der Waals surface area (Å²) in [5, 5.41) is 12.1. The molecule has 1 unspecified atom stereocenters. The van der Waals surface area contributed by atoms with Crippen LogP contribution in [0.25, 0.3) is 0 Å². The zero-order valence-corrected chi connectivity index (χ0v) is 12.2. The van der Waals surface area contributed by atoms with E-state index < -0.39 is 15.8 Å². The number of carbonyl (C=O) groups is 1. The molecular formula is C14H19NO4S. The number of rotatable bonds is 7. The molecule has 5 nitrogen and oxygen atoms in total. The van der Waals surface area contributed by atoms with Gasteiger partial charge in [-0.25, -0.2) is 8.42 Å².